The van der Waals surface area contributed by atoms with Crippen molar-refractivity contribution in [1.29, 1.82) is 5.26 Å². The summed E-state index contributed by atoms with van der Waals surface area (Å²) in [6, 6.07) is 20.3. The second kappa shape index (κ2) is 9.39. The lowest BCUT2D eigenvalue weighted by atomic mass is 10.0. The van der Waals surface area contributed by atoms with Crippen LogP contribution < -0.4 is 10.2 Å². The van der Waals surface area contributed by atoms with Gasteiger partial charge in [0.1, 0.15) is 12.7 Å². The van der Waals surface area contributed by atoms with E-state index in [1.807, 2.05) is 36.4 Å². The predicted octanol–water partition coefficient (Wildman–Crippen LogP) is 4.79. The lowest BCUT2D eigenvalue weighted by Crippen LogP contribution is -2.48. The molecule has 4 aromatic rings. The number of carbonyl (C=O) groups excluding carboxylic acids is 1. The Kier molecular flexibility index (Phi) is 5.98. The first-order chi connectivity index (χ1) is 17.0. The number of carbonyl (C=O) groups is 2. The molecule has 0 aliphatic carbocycles. The van der Waals surface area contributed by atoms with Crippen molar-refractivity contribution >= 4 is 39.6 Å². The first kappa shape index (κ1) is 22.3. The van der Waals surface area contributed by atoms with Crippen LogP contribution in [0.4, 0.5) is 10.5 Å². The standard InChI is InChI=1S/C27H24N4O4/c28-14-19-9-11-23(24-21-10-8-18(26(32)33)13-22(21)30-25(19)24)31-12-4-7-20(15-31)29-27(34)35-16-17-5-2-1-3-6-17/h1-3,5-6,8-11,13,20,30H,4,7,12,15-16H2,(H,29,34)(H,32,33). The first-order valence-corrected chi connectivity index (χ1v) is 11.5. The van der Waals surface area contributed by atoms with E-state index in [2.05, 4.69) is 21.3 Å². The fraction of sp³-hybridized carbons (Fsp3) is 0.222. The summed E-state index contributed by atoms with van der Waals surface area (Å²) in [6.07, 6.45) is 1.28. The van der Waals surface area contributed by atoms with E-state index >= 15 is 0 Å². The molecule has 0 saturated carbocycles. The Bertz CT molecular complexity index is 1460. The minimum atomic E-state index is -1.00. The van der Waals surface area contributed by atoms with Crippen molar-refractivity contribution in [2.45, 2.75) is 25.5 Å². The number of aromatic amines is 1. The monoisotopic (exact) mass is 468 g/mol. The number of nitriles is 1. The van der Waals surface area contributed by atoms with Crippen LogP contribution in [-0.4, -0.2) is 41.3 Å². The van der Waals surface area contributed by atoms with Gasteiger partial charge in [-0.15, -0.1) is 0 Å². The van der Waals surface area contributed by atoms with Crippen LogP contribution in [0.3, 0.4) is 0 Å². The summed E-state index contributed by atoms with van der Waals surface area (Å²) in [5.74, 6) is -1.00. The summed E-state index contributed by atoms with van der Waals surface area (Å²) in [5.41, 5.74) is 3.89. The maximum Gasteiger partial charge on any atom is 0.407 e. The van der Waals surface area contributed by atoms with Gasteiger partial charge in [-0.05, 0) is 42.7 Å². The zero-order valence-electron chi connectivity index (χ0n) is 19.0. The topological polar surface area (TPSA) is 118 Å². The quantitative estimate of drug-likeness (QED) is 0.388. The van der Waals surface area contributed by atoms with Crippen molar-refractivity contribution < 1.29 is 19.4 Å². The maximum absolute atomic E-state index is 12.4. The molecule has 1 aliphatic heterocycles. The Morgan fingerprint density at radius 3 is 2.77 bits per heavy atom. The highest BCUT2D eigenvalue weighted by atomic mass is 16.5. The average Bonchev–Trinajstić information content (AvgIpc) is 3.26. The number of piperidine rings is 1. The van der Waals surface area contributed by atoms with Crippen LogP contribution in [0.1, 0.15) is 34.3 Å². The molecule has 3 N–H and O–H groups in total. The maximum atomic E-state index is 12.4. The van der Waals surface area contributed by atoms with Crippen molar-refractivity contribution in [3.05, 3.63) is 77.4 Å². The summed E-state index contributed by atoms with van der Waals surface area (Å²) < 4.78 is 5.39. The van der Waals surface area contributed by atoms with Crippen LogP contribution in [0.5, 0.6) is 0 Å². The highest BCUT2D eigenvalue weighted by Crippen LogP contribution is 2.37. The molecule has 1 aromatic heterocycles. The molecule has 2 heterocycles. The highest BCUT2D eigenvalue weighted by molar-refractivity contribution is 6.15. The molecule has 8 heteroatoms. The number of carboxylic acids is 1. The molecule has 1 aliphatic rings. The number of benzene rings is 3. The summed E-state index contributed by atoms with van der Waals surface area (Å²) in [6.45, 7) is 1.62. The molecular formula is C27H24N4O4. The van der Waals surface area contributed by atoms with Crippen LogP contribution in [-0.2, 0) is 11.3 Å². The van der Waals surface area contributed by atoms with E-state index in [1.54, 1.807) is 24.3 Å². The molecule has 1 atom stereocenters. The van der Waals surface area contributed by atoms with Gasteiger partial charge in [0, 0.05) is 41.1 Å². The molecule has 1 fully saturated rings. The number of hydrogen-bond donors (Lipinski definition) is 3. The molecule has 35 heavy (non-hydrogen) atoms. The van der Waals surface area contributed by atoms with E-state index < -0.39 is 12.1 Å². The normalized spacial score (nSPS) is 15.6. The second-order valence-electron chi connectivity index (χ2n) is 8.68. The number of H-pyrrole nitrogens is 1. The molecule has 3 aromatic carbocycles. The number of rotatable bonds is 5. The van der Waals surface area contributed by atoms with Crippen molar-refractivity contribution in [3.8, 4) is 6.07 Å². The van der Waals surface area contributed by atoms with E-state index in [0.717, 1.165) is 41.4 Å². The van der Waals surface area contributed by atoms with E-state index in [4.69, 9.17) is 4.74 Å². The van der Waals surface area contributed by atoms with E-state index in [9.17, 15) is 20.0 Å². The van der Waals surface area contributed by atoms with Crippen molar-refractivity contribution in [3.63, 3.8) is 0 Å². The van der Waals surface area contributed by atoms with Crippen LogP contribution in [0, 0.1) is 11.3 Å². The summed E-state index contributed by atoms with van der Waals surface area (Å²) in [5, 5.41) is 23.7. The number of hydrogen-bond acceptors (Lipinski definition) is 5. The van der Waals surface area contributed by atoms with Crippen LogP contribution in [0.15, 0.2) is 60.7 Å². The Morgan fingerprint density at radius 1 is 1.17 bits per heavy atom. The number of aromatic nitrogens is 1. The Labute approximate surface area is 201 Å². The average molecular weight is 469 g/mol. The van der Waals surface area contributed by atoms with E-state index in [-0.39, 0.29) is 18.2 Å². The molecule has 176 valence electrons. The fourth-order valence-corrected chi connectivity index (χ4v) is 4.73. The SMILES string of the molecule is N#Cc1ccc(N2CCCC(NC(=O)OCc3ccccc3)C2)c2c1[nH]c1cc(C(=O)O)ccc12. The summed E-state index contributed by atoms with van der Waals surface area (Å²) >= 11 is 0. The third kappa shape index (κ3) is 4.49. The minimum Gasteiger partial charge on any atom is -0.478 e. The number of nitrogens with zero attached hydrogens (tertiary/aromatic N) is 2. The second-order valence-corrected chi connectivity index (χ2v) is 8.68. The largest absolute Gasteiger partial charge is 0.478 e. The molecule has 0 spiro atoms. The van der Waals surface area contributed by atoms with Gasteiger partial charge in [-0.3, -0.25) is 0 Å². The number of alkyl carbamates (subject to hydrolysis) is 1. The third-order valence-corrected chi connectivity index (χ3v) is 6.40. The Hall–Kier alpha value is -4.51. The van der Waals surface area contributed by atoms with Crippen LogP contribution >= 0.6 is 0 Å². The molecule has 8 nitrogen and oxygen atoms in total. The molecule has 5 rings (SSSR count). The zero-order valence-corrected chi connectivity index (χ0v) is 19.0. The minimum absolute atomic E-state index is 0.0819. The van der Waals surface area contributed by atoms with Crippen molar-refractivity contribution in [2.75, 3.05) is 18.0 Å². The van der Waals surface area contributed by atoms with Gasteiger partial charge in [0.05, 0.1) is 16.6 Å². The van der Waals surface area contributed by atoms with Gasteiger partial charge in [0.2, 0.25) is 0 Å². The van der Waals surface area contributed by atoms with Gasteiger partial charge in [-0.2, -0.15) is 5.26 Å². The number of carboxylic acid groups (broad SMARTS) is 1. The smallest absolute Gasteiger partial charge is 0.407 e. The Morgan fingerprint density at radius 2 is 2.00 bits per heavy atom. The van der Waals surface area contributed by atoms with Crippen molar-refractivity contribution in [2.24, 2.45) is 0 Å². The van der Waals surface area contributed by atoms with Gasteiger partial charge in [0.25, 0.3) is 0 Å². The third-order valence-electron chi connectivity index (χ3n) is 6.40. The number of ether oxygens (including phenoxy) is 1. The number of aromatic carboxylic acids is 1. The van der Waals surface area contributed by atoms with Gasteiger partial charge < -0.3 is 25.0 Å². The lowest BCUT2D eigenvalue weighted by molar-refractivity contribution is 0.0697. The zero-order chi connectivity index (χ0) is 24.4. The number of fused-ring (bicyclic) bond motifs is 3. The van der Waals surface area contributed by atoms with Gasteiger partial charge >= 0.3 is 12.1 Å². The molecule has 0 radical (unpaired) electrons. The van der Waals surface area contributed by atoms with Crippen LogP contribution in [0.25, 0.3) is 21.8 Å². The predicted molar refractivity (Wildman–Crippen MR) is 132 cm³/mol. The van der Waals surface area contributed by atoms with Gasteiger partial charge in [-0.25, -0.2) is 9.59 Å². The molecule has 0 bridgehead atoms. The van der Waals surface area contributed by atoms with E-state index in [1.165, 1.54) is 0 Å². The van der Waals surface area contributed by atoms with Gasteiger partial charge in [-0.1, -0.05) is 36.4 Å². The lowest BCUT2D eigenvalue weighted by Gasteiger charge is -2.35. The molecular weight excluding hydrogens is 444 g/mol. The molecule has 1 unspecified atom stereocenters. The highest BCUT2D eigenvalue weighted by Gasteiger charge is 2.25. The fourth-order valence-electron chi connectivity index (χ4n) is 4.73. The van der Waals surface area contributed by atoms with E-state index in [0.29, 0.717) is 23.1 Å². The Balaban J connectivity index is 1.39. The van der Waals surface area contributed by atoms with Crippen LogP contribution in [0.2, 0.25) is 0 Å². The van der Waals surface area contributed by atoms with Gasteiger partial charge in [0.15, 0.2) is 0 Å². The first-order valence-electron chi connectivity index (χ1n) is 11.5. The van der Waals surface area contributed by atoms with Crippen molar-refractivity contribution in [1.82, 2.24) is 10.3 Å². The molecule has 1 saturated heterocycles. The molecule has 1 amide bonds. The number of nitrogens with one attached hydrogen (secondary N) is 2. The number of anilines is 1. The number of amides is 1. The summed E-state index contributed by atoms with van der Waals surface area (Å²) in [7, 11) is 0. The summed E-state index contributed by atoms with van der Waals surface area (Å²) in [4.78, 5) is 29.3.